The summed E-state index contributed by atoms with van der Waals surface area (Å²) in [5.41, 5.74) is 3.64. The summed E-state index contributed by atoms with van der Waals surface area (Å²) in [5.74, 6) is 2.16. The Bertz CT molecular complexity index is 969. The van der Waals surface area contributed by atoms with E-state index in [2.05, 4.69) is 51.0 Å². The molecule has 150 valence electrons. The van der Waals surface area contributed by atoms with E-state index >= 15 is 0 Å². The molecule has 1 fully saturated rings. The highest BCUT2D eigenvalue weighted by Gasteiger charge is 2.19. The molecule has 1 aliphatic heterocycles. The molecule has 2 aromatic carbocycles. The number of rotatable bonds is 5. The van der Waals surface area contributed by atoms with Crippen LogP contribution < -0.4 is 9.64 Å². The molecule has 0 unspecified atom stereocenters. The summed E-state index contributed by atoms with van der Waals surface area (Å²) in [5, 5.41) is 0.726. The molecule has 3 aromatic rings. The van der Waals surface area contributed by atoms with Gasteiger partial charge in [0.25, 0.3) is 0 Å². The predicted molar refractivity (Wildman–Crippen MR) is 117 cm³/mol. The normalized spacial score (nSPS) is 14.8. The SMILES string of the molecule is Cc1ccc(CN2CCN(c3cc(Oc4ccc(Cl)c(C)c4)ncn3)CC2)cc1. The topological polar surface area (TPSA) is 41.5 Å². The number of benzene rings is 2. The Morgan fingerprint density at radius 1 is 0.931 bits per heavy atom. The maximum atomic E-state index is 6.09. The molecule has 0 N–H and O–H groups in total. The number of aryl methyl sites for hydroxylation is 2. The number of piperazine rings is 1. The maximum Gasteiger partial charge on any atom is 0.224 e. The number of nitrogens with zero attached hydrogens (tertiary/aromatic N) is 4. The average Bonchev–Trinajstić information content (AvgIpc) is 2.73. The molecule has 5 nitrogen and oxygen atoms in total. The summed E-state index contributed by atoms with van der Waals surface area (Å²) in [6.07, 6.45) is 1.56. The van der Waals surface area contributed by atoms with Crippen molar-refractivity contribution in [2.24, 2.45) is 0 Å². The van der Waals surface area contributed by atoms with Gasteiger partial charge in [-0.1, -0.05) is 41.4 Å². The molecule has 1 saturated heterocycles. The van der Waals surface area contributed by atoms with Crippen LogP contribution in [0.3, 0.4) is 0 Å². The van der Waals surface area contributed by atoms with Gasteiger partial charge in [-0.3, -0.25) is 4.90 Å². The zero-order valence-electron chi connectivity index (χ0n) is 16.8. The van der Waals surface area contributed by atoms with Crippen LogP contribution in [0.15, 0.2) is 54.9 Å². The fourth-order valence-electron chi connectivity index (χ4n) is 3.45. The van der Waals surface area contributed by atoms with Crippen LogP contribution in [0.4, 0.5) is 5.82 Å². The van der Waals surface area contributed by atoms with E-state index in [-0.39, 0.29) is 0 Å². The molecule has 1 aliphatic rings. The molecular formula is C23H25ClN4O. The first kappa shape index (κ1) is 19.7. The number of aromatic nitrogens is 2. The molecule has 0 aliphatic carbocycles. The van der Waals surface area contributed by atoms with E-state index in [9.17, 15) is 0 Å². The van der Waals surface area contributed by atoms with Crippen LogP contribution in [-0.2, 0) is 6.54 Å². The van der Waals surface area contributed by atoms with Crippen molar-refractivity contribution in [3.63, 3.8) is 0 Å². The highest BCUT2D eigenvalue weighted by Crippen LogP contribution is 2.26. The van der Waals surface area contributed by atoms with Gasteiger partial charge >= 0.3 is 0 Å². The van der Waals surface area contributed by atoms with Gasteiger partial charge in [0, 0.05) is 43.8 Å². The molecule has 0 spiro atoms. The molecular weight excluding hydrogens is 384 g/mol. The first-order valence-electron chi connectivity index (χ1n) is 9.86. The Morgan fingerprint density at radius 2 is 1.69 bits per heavy atom. The molecule has 29 heavy (non-hydrogen) atoms. The summed E-state index contributed by atoms with van der Waals surface area (Å²) >= 11 is 6.09. The Balaban J connectivity index is 1.36. The maximum absolute atomic E-state index is 6.09. The third-order valence-electron chi connectivity index (χ3n) is 5.20. The molecule has 0 bridgehead atoms. The Kier molecular flexibility index (Phi) is 5.97. The number of halogens is 1. The second-order valence-electron chi connectivity index (χ2n) is 7.48. The Labute approximate surface area is 176 Å². The van der Waals surface area contributed by atoms with Crippen LogP contribution in [0.2, 0.25) is 5.02 Å². The summed E-state index contributed by atoms with van der Waals surface area (Å²) in [6, 6.07) is 16.3. The molecule has 0 atom stereocenters. The third-order valence-corrected chi connectivity index (χ3v) is 5.63. The van der Waals surface area contributed by atoms with Crippen molar-refractivity contribution in [2.45, 2.75) is 20.4 Å². The van der Waals surface area contributed by atoms with E-state index in [4.69, 9.17) is 16.3 Å². The molecule has 0 saturated carbocycles. The molecule has 4 rings (SSSR count). The zero-order valence-corrected chi connectivity index (χ0v) is 17.6. The largest absolute Gasteiger partial charge is 0.439 e. The minimum atomic E-state index is 0.541. The minimum Gasteiger partial charge on any atom is -0.439 e. The standard InChI is InChI=1S/C23H25ClN4O/c1-17-3-5-19(6-4-17)15-27-9-11-28(12-10-27)22-14-23(26-16-25-22)29-20-7-8-21(24)18(2)13-20/h3-8,13-14,16H,9-12,15H2,1-2H3. The molecule has 0 amide bonds. The van der Waals surface area contributed by atoms with E-state index in [0.717, 1.165) is 54.9 Å². The van der Waals surface area contributed by atoms with Crippen LogP contribution in [0, 0.1) is 13.8 Å². The van der Waals surface area contributed by atoms with Gasteiger partial charge < -0.3 is 9.64 Å². The summed E-state index contributed by atoms with van der Waals surface area (Å²) in [6.45, 7) is 8.94. The first-order chi connectivity index (χ1) is 14.1. The lowest BCUT2D eigenvalue weighted by atomic mass is 10.1. The molecule has 6 heteroatoms. The smallest absolute Gasteiger partial charge is 0.224 e. The lowest BCUT2D eigenvalue weighted by Crippen LogP contribution is -2.46. The van der Waals surface area contributed by atoms with Crippen LogP contribution >= 0.6 is 11.6 Å². The monoisotopic (exact) mass is 408 g/mol. The van der Waals surface area contributed by atoms with Crippen molar-refractivity contribution in [3.8, 4) is 11.6 Å². The minimum absolute atomic E-state index is 0.541. The van der Waals surface area contributed by atoms with Gasteiger partial charge in [0.05, 0.1) is 0 Å². The second kappa shape index (κ2) is 8.80. The van der Waals surface area contributed by atoms with Crippen LogP contribution in [0.5, 0.6) is 11.6 Å². The third kappa shape index (κ3) is 5.05. The van der Waals surface area contributed by atoms with Gasteiger partial charge in [-0.05, 0) is 43.2 Å². The number of hydrogen-bond acceptors (Lipinski definition) is 5. The lowest BCUT2D eigenvalue weighted by Gasteiger charge is -2.35. The second-order valence-corrected chi connectivity index (χ2v) is 7.88. The van der Waals surface area contributed by atoms with Crippen LogP contribution in [-0.4, -0.2) is 41.0 Å². The number of hydrogen-bond donors (Lipinski definition) is 0. The van der Waals surface area contributed by atoms with E-state index in [1.54, 1.807) is 6.33 Å². The van der Waals surface area contributed by atoms with Crippen molar-refractivity contribution in [2.75, 3.05) is 31.1 Å². The van der Waals surface area contributed by atoms with Crippen molar-refractivity contribution < 1.29 is 4.74 Å². The Morgan fingerprint density at radius 3 is 2.41 bits per heavy atom. The number of anilines is 1. The van der Waals surface area contributed by atoms with Crippen LogP contribution in [0.25, 0.3) is 0 Å². The van der Waals surface area contributed by atoms with Crippen molar-refractivity contribution >= 4 is 17.4 Å². The van der Waals surface area contributed by atoms with Crippen molar-refractivity contribution in [1.82, 2.24) is 14.9 Å². The lowest BCUT2D eigenvalue weighted by molar-refractivity contribution is 0.249. The Hall–Kier alpha value is -2.63. The van der Waals surface area contributed by atoms with Gasteiger partial charge in [-0.2, -0.15) is 0 Å². The van der Waals surface area contributed by atoms with E-state index < -0.39 is 0 Å². The van der Waals surface area contributed by atoms with Gasteiger partial charge in [-0.25, -0.2) is 9.97 Å². The van der Waals surface area contributed by atoms with Crippen LogP contribution in [0.1, 0.15) is 16.7 Å². The van der Waals surface area contributed by atoms with Gasteiger partial charge in [-0.15, -0.1) is 0 Å². The summed E-state index contributed by atoms with van der Waals surface area (Å²) in [4.78, 5) is 13.5. The van der Waals surface area contributed by atoms with Crippen molar-refractivity contribution in [3.05, 3.63) is 76.6 Å². The quantitative estimate of drug-likeness (QED) is 0.603. The van der Waals surface area contributed by atoms with E-state index in [1.807, 2.05) is 31.2 Å². The van der Waals surface area contributed by atoms with Crippen molar-refractivity contribution in [1.29, 1.82) is 0 Å². The molecule has 1 aromatic heterocycles. The highest BCUT2D eigenvalue weighted by atomic mass is 35.5. The fourth-order valence-corrected chi connectivity index (χ4v) is 3.56. The zero-order chi connectivity index (χ0) is 20.2. The summed E-state index contributed by atoms with van der Waals surface area (Å²) in [7, 11) is 0. The van der Waals surface area contributed by atoms with Gasteiger partial charge in [0.2, 0.25) is 5.88 Å². The fraction of sp³-hybridized carbons (Fsp3) is 0.304. The molecule has 2 heterocycles. The van der Waals surface area contributed by atoms with E-state index in [0.29, 0.717) is 5.88 Å². The first-order valence-corrected chi connectivity index (χ1v) is 10.2. The van der Waals surface area contributed by atoms with E-state index in [1.165, 1.54) is 11.1 Å². The number of ether oxygens (including phenoxy) is 1. The van der Waals surface area contributed by atoms with Gasteiger partial charge in [0.1, 0.15) is 17.9 Å². The highest BCUT2D eigenvalue weighted by molar-refractivity contribution is 6.31. The average molecular weight is 409 g/mol. The van der Waals surface area contributed by atoms with Gasteiger partial charge in [0.15, 0.2) is 0 Å². The summed E-state index contributed by atoms with van der Waals surface area (Å²) < 4.78 is 5.91. The molecule has 0 radical (unpaired) electrons. The predicted octanol–water partition coefficient (Wildman–Crippen LogP) is 4.86.